The highest BCUT2D eigenvalue weighted by atomic mass is 16.5. The predicted molar refractivity (Wildman–Crippen MR) is 74.9 cm³/mol. The number of ether oxygens (including phenoxy) is 1. The Morgan fingerprint density at radius 3 is 2.70 bits per heavy atom. The number of amides is 1. The third-order valence-electron chi connectivity index (χ3n) is 2.67. The summed E-state index contributed by atoms with van der Waals surface area (Å²) in [5.74, 6) is 0.727. The number of nitrogens with one attached hydrogen (secondary N) is 1. The molecule has 0 aliphatic heterocycles. The van der Waals surface area contributed by atoms with Crippen LogP contribution in [-0.4, -0.2) is 34.5 Å². The van der Waals surface area contributed by atoms with Crippen LogP contribution in [0.1, 0.15) is 11.3 Å². The van der Waals surface area contributed by atoms with E-state index in [0.717, 1.165) is 22.0 Å². The summed E-state index contributed by atoms with van der Waals surface area (Å²) in [7, 11) is 1.58. The van der Waals surface area contributed by atoms with Gasteiger partial charge in [-0.2, -0.15) is 10.1 Å². The lowest BCUT2D eigenvalue weighted by atomic mass is 10.2. The van der Waals surface area contributed by atoms with Gasteiger partial charge in [0, 0.05) is 6.20 Å². The van der Waals surface area contributed by atoms with Crippen molar-refractivity contribution in [2.75, 3.05) is 7.11 Å². The molecule has 1 aromatic carbocycles. The van der Waals surface area contributed by atoms with Crippen LogP contribution in [0.5, 0.6) is 5.75 Å². The third kappa shape index (κ3) is 3.61. The molecular formula is C14H15N3O3. The van der Waals surface area contributed by atoms with E-state index in [1.165, 1.54) is 6.21 Å². The van der Waals surface area contributed by atoms with Crippen LogP contribution in [0.2, 0.25) is 0 Å². The summed E-state index contributed by atoms with van der Waals surface area (Å²) in [6.45, 7) is 0.177. The summed E-state index contributed by atoms with van der Waals surface area (Å²) in [5.41, 5.74) is 1.57. The van der Waals surface area contributed by atoms with Gasteiger partial charge in [0.1, 0.15) is 5.75 Å². The SMILES string of the molecule is COc1ccc(CN(/N=C\c2ccc[nH]2)C(=O)O)cc1. The van der Waals surface area contributed by atoms with E-state index in [-0.39, 0.29) is 6.54 Å². The fraction of sp³-hybridized carbons (Fsp3) is 0.143. The first-order valence-corrected chi connectivity index (χ1v) is 6.00. The van der Waals surface area contributed by atoms with Crippen LogP contribution in [0.3, 0.4) is 0 Å². The van der Waals surface area contributed by atoms with Crippen molar-refractivity contribution in [3.8, 4) is 5.75 Å². The molecule has 0 saturated heterocycles. The lowest BCUT2D eigenvalue weighted by Gasteiger charge is -2.13. The Morgan fingerprint density at radius 2 is 2.15 bits per heavy atom. The number of nitrogens with zero attached hydrogens (tertiary/aromatic N) is 2. The zero-order valence-corrected chi connectivity index (χ0v) is 11.0. The van der Waals surface area contributed by atoms with E-state index in [9.17, 15) is 4.79 Å². The van der Waals surface area contributed by atoms with Crippen LogP contribution in [0.15, 0.2) is 47.7 Å². The van der Waals surface area contributed by atoms with Crippen molar-refractivity contribution in [2.45, 2.75) is 6.54 Å². The van der Waals surface area contributed by atoms with Gasteiger partial charge in [-0.05, 0) is 29.8 Å². The molecule has 20 heavy (non-hydrogen) atoms. The van der Waals surface area contributed by atoms with Gasteiger partial charge in [-0.1, -0.05) is 12.1 Å². The molecule has 1 amide bonds. The van der Waals surface area contributed by atoms with Crippen molar-refractivity contribution in [1.29, 1.82) is 0 Å². The topological polar surface area (TPSA) is 77.9 Å². The lowest BCUT2D eigenvalue weighted by molar-refractivity contribution is 0.144. The van der Waals surface area contributed by atoms with Crippen LogP contribution in [0.25, 0.3) is 0 Å². The Hall–Kier alpha value is -2.76. The molecule has 6 heteroatoms. The zero-order valence-electron chi connectivity index (χ0n) is 11.0. The van der Waals surface area contributed by atoms with E-state index in [2.05, 4.69) is 10.1 Å². The second-order valence-electron chi connectivity index (χ2n) is 4.06. The quantitative estimate of drug-likeness (QED) is 0.649. The first kappa shape index (κ1) is 13.7. The van der Waals surface area contributed by atoms with Crippen molar-refractivity contribution < 1.29 is 14.6 Å². The maximum atomic E-state index is 11.2. The van der Waals surface area contributed by atoms with E-state index >= 15 is 0 Å². The first-order chi connectivity index (χ1) is 9.69. The van der Waals surface area contributed by atoms with Crippen LogP contribution in [0.4, 0.5) is 4.79 Å². The Bertz CT molecular complexity index is 576. The van der Waals surface area contributed by atoms with Crippen LogP contribution >= 0.6 is 0 Å². The number of carbonyl (C=O) groups is 1. The molecule has 0 fully saturated rings. The highest BCUT2D eigenvalue weighted by Crippen LogP contribution is 2.13. The zero-order chi connectivity index (χ0) is 14.4. The predicted octanol–water partition coefficient (Wildman–Crippen LogP) is 2.54. The standard InChI is InChI=1S/C14H15N3O3/c1-20-13-6-4-11(5-7-13)10-17(14(18)19)16-9-12-3-2-8-15-12/h2-9,15H,10H2,1H3,(H,18,19)/b16-9-. The fourth-order valence-corrected chi connectivity index (χ4v) is 1.62. The maximum Gasteiger partial charge on any atom is 0.428 e. The number of H-pyrrole nitrogens is 1. The highest BCUT2D eigenvalue weighted by molar-refractivity contribution is 5.78. The van der Waals surface area contributed by atoms with Gasteiger partial charge in [-0.25, -0.2) is 4.79 Å². The minimum Gasteiger partial charge on any atom is -0.497 e. The molecule has 104 valence electrons. The van der Waals surface area contributed by atoms with Crippen molar-refractivity contribution in [1.82, 2.24) is 9.99 Å². The molecule has 2 N–H and O–H groups in total. The van der Waals surface area contributed by atoms with Gasteiger partial charge >= 0.3 is 6.09 Å². The van der Waals surface area contributed by atoms with E-state index in [0.29, 0.717) is 0 Å². The Morgan fingerprint density at radius 1 is 1.40 bits per heavy atom. The number of hydrogen-bond donors (Lipinski definition) is 2. The molecule has 1 heterocycles. The Labute approximate surface area is 116 Å². The van der Waals surface area contributed by atoms with Crippen molar-refractivity contribution >= 4 is 12.3 Å². The molecule has 0 aliphatic rings. The minimum atomic E-state index is -1.11. The molecule has 0 radical (unpaired) electrons. The van der Waals surface area contributed by atoms with Crippen molar-refractivity contribution in [3.05, 3.63) is 53.9 Å². The minimum absolute atomic E-state index is 0.177. The van der Waals surface area contributed by atoms with Crippen molar-refractivity contribution in [3.63, 3.8) is 0 Å². The summed E-state index contributed by atoms with van der Waals surface area (Å²) in [6, 6.07) is 10.8. The second-order valence-corrected chi connectivity index (χ2v) is 4.06. The normalized spacial score (nSPS) is 10.7. The number of benzene rings is 1. The van der Waals surface area contributed by atoms with Gasteiger partial charge in [0.05, 0.1) is 25.6 Å². The average Bonchev–Trinajstić information content (AvgIpc) is 2.97. The molecule has 2 aromatic rings. The lowest BCUT2D eigenvalue weighted by Crippen LogP contribution is -2.23. The average molecular weight is 273 g/mol. The van der Waals surface area contributed by atoms with E-state index in [1.807, 2.05) is 6.07 Å². The Kier molecular flexibility index (Phi) is 4.39. The Balaban J connectivity index is 2.07. The summed E-state index contributed by atoms with van der Waals surface area (Å²) >= 11 is 0. The van der Waals surface area contributed by atoms with Gasteiger partial charge < -0.3 is 14.8 Å². The highest BCUT2D eigenvalue weighted by Gasteiger charge is 2.10. The van der Waals surface area contributed by atoms with Crippen LogP contribution in [0, 0.1) is 0 Å². The smallest absolute Gasteiger partial charge is 0.428 e. The number of rotatable bonds is 5. The first-order valence-electron chi connectivity index (χ1n) is 6.00. The molecule has 1 aromatic heterocycles. The molecule has 0 aliphatic carbocycles. The molecular weight excluding hydrogens is 258 g/mol. The number of aromatic nitrogens is 1. The summed E-state index contributed by atoms with van der Waals surface area (Å²) in [5, 5.41) is 14.1. The summed E-state index contributed by atoms with van der Waals surface area (Å²) < 4.78 is 5.05. The molecule has 6 nitrogen and oxygen atoms in total. The van der Waals surface area contributed by atoms with Crippen LogP contribution in [-0.2, 0) is 6.54 Å². The van der Waals surface area contributed by atoms with E-state index < -0.39 is 6.09 Å². The maximum absolute atomic E-state index is 11.2. The van der Waals surface area contributed by atoms with Gasteiger partial charge in [-0.15, -0.1) is 0 Å². The molecule has 0 spiro atoms. The molecule has 0 unspecified atom stereocenters. The summed E-state index contributed by atoms with van der Waals surface area (Å²) in [4.78, 5) is 14.1. The number of hydrazone groups is 1. The number of hydrogen-bond acceptors (Lipinski definition) is 3. The number of aromatic amines is 1. The summed E-state index contributed by atoms with van der Waals surface area (Å²) in [6.07, 6.45) is 2.11. The molecule has 0 atom stereocenters. The monoisotopic (exact) mass is 273 g/mol. The fourth-order valence-electron chi connectivity index (χ4n) is 1.62. The molecule has 0 bridgehead atoms. The van der Waals surface area contributed by atoms with Gasteiger partial charge in [0.25, 0.3) is 0 Å². The molecule has 0 saturated carbocycles. The van der Waals surface area contributed by atoms with E-state index in [4.69, 9.17) is 9.84 Å². The van der Waals surface area contributed by atoms with Gasteiger partial charge in [0.15, 0.2) is 0 Å². The van der Waals surface area contributed by atoms with Gasteiger partial charge in [-0.3, -0.25) is 0 Å². The third-order valence-corrected chi connectivity index (χ3v) is 2.67. The second kappa shape index (κ2) is 6.42. The van der Waals surface area contributed by atoms with E-state index in [1.54, 1.807) is 43.6 Å². The van der Waals surface area contributed by atoms with Crippen LogP contribution < -0.4 is 4.74 Å². The van der Waals surface area contributed by atoms with Crippen molar-refractivity contribution in [2.24, 2.45) is 5.10 Å². The number of methoxy groups -OCH3 is 1. The molecule has 2 rings (SSSR count). The number of carboxylic acid groups (broad SMARTS) is 1. The van der Waals surface area contributed by atoms with Gasteiger partial charge in [0.2, 0.25) is 0 Å². The largest absolute Gasteiger partial charge is 0.497 e.